The number of carboxylic acid groups (broad SMARTS) is 1. The summed E-state index contributed by atoms with van der Waals surface area (Å²) in [7, 11) is 0. The lowest BCUT2D eigenvalue weighted by Crippen LogP contribution is -1.94. The van der Waals surface area contributed by atoms with Gasteiger partial charge in [0, 0.05) is 11.1 Å². The Hall–Kier alpha value is -2.95. The lowest BCUT2D eigenvalue weighted by Gasteiger charge is -2.02. The number of nitrogens with zero attached hydrogens (tertiary/aromatic N) is 2. The van der Waals surface area contributed by atoms with E-state index in [4.69, 9.17) is 9.52 Å². The molecule has 0 saturated carbocycles. The third-order valence-electron chi connectivity index (χ3n) is 3.43. The second kappa shape index (κ2) is 5.44. The predicted octanol–water partition coefficient (Wildman–Crippen LogP) is 3.72. The van der Waals surface area contributed by atoms with Crippen LogP contribution in [0.5, 0.6) is 0 Å². The smallest absolute Gasteiger partial charge is 0.335 e. The van der Waals surface area contributed by atoms with Crippen LogP contribution in [0.15, 0.2) is 46.9 Å². The molecule has 0 bridgehead atoms. The van der Waals surface area contributed by atoms with Gasteiger partial charge in [-0.25, -0.2) is 4.79 Å². The molecule has 110 valence electrons. The maximum Gasteiger partial charge on any atom is 0.335 e. The van der Waals surface area contributed by atoms with Crippen LogP contribution in [0.2, 0.25) is 0 Å². The summed E-state index contributed by atoms with van der Waals surface area (Å²) >= 11 is 0. The molecule has 0 unspecified atom stereocenters. The van der Waals surface area contributed by atoms with Gasteiger partial charge in [-0.3, -0.25) is 0 Å². The van der Waals surface area contributed by atoms with Crippen LogP contribution in [0.1, 0.15) is 21.5 Å². The van der Waals surface area contributed by atoms with Crippen molar-refractivity contribution in [3.63, 3.8) is 0 Å². The highest BCUT2D eigenvalue weighted by Crippen LogP contribution is 2.27. The lowest BCUT2D eigenvalue weighted by molar-refractivity contribution is 0.0697. The largest absolute Gasteiger partial charge is 0.478 e. The molecular weight excluding hydrogens is 280 g/mol. The first-order chi connectivity index (χ1) is 10.5. The average Bonchev–Trinajstić information content (AvgIpc) is 2.99. The molecule has 22 heavy (non-hydrogen) atoms. The van der Waals surface area contributed by atoms with Crippen LogP contribution in [0.4, 0.5) is 0 Å². The maximum absolute atomic E-state index is 10.9. The van der Waals surface area contributed by atoms with Crippen LogP contribution < -0.4 is 0 Å². The van der Waals surface area contributed by atoms with Gasteiger partial charge in [0.25, 0.3) is 0 Å². The van der Waals surface area contributed by atoms with Crippen molar-refractivity contribution in [2.24, 2.45) is 0 Å². The minimum Gasteiger partial charge on any atom is -0.478 e. The zero-order valence-corrected chi connectivity index (χ0v) is 12.2. The van der Waals surface area contributed by atoms with E-state index >= 15 is 0 Å². The Morgan fingerprint density at radius 3 is 2.36 bits per heavy atom. The number of hydrogen-bond donors (Lipinski definition) is 1. The molecule has 1 N–H and O–H groups in total. The van der Waals surface area contributed by atoms with Crippen molar-refractivity contribution in [1.82, 2.24) is 10.2 Å². The summed E-state index contributed by atoms with van der Waals surface area (Å²) in [5, 5.41) is 17.0. The van der Waals surface area contributed by atoms with Crippen LogP contribution in [0, 0.1) is 13.8 Å². The van der Waals surface area contributed by atoms with Gasteiger partial charge < -0.3 is 9.52 Å². The minimum absolute atomic E-state index is 0.220. The molecule has 0 aliphatic heterocycles. The SMILES string of the molecule is Cc1ccc(C)c(-c2nnc(-c3ccc(C(=O)O)cc3)o2)c1. The average molecular weight is 294 g/mol. The highest BCUT2D eigenvalue weighted by atomic mass is 16.4. The molecule has 1 aromatic heterocycles. The number of benzene rings is 2. The van der Waals surface area contributed by atoms with E-state index in [2.05, 4.69) is 10.2 Å². The third-order valence-corrected chi connectivity index (χ3v) is 3.43. The Morgan fingerprint density at radius 2 is 1.68 bits per heavy atom. The van der Waals surface area contributed by atoms with E-state index in [0.29, 0.717) is 17.3 Å². The number of hydrogen-bond acceptors (Lipinski definition) is 4. The summed E-state index contributed by atoms with van der Waals surface area (Å²) in [6.07, 6.45) is 0. The first-order valence-corrected chi connectivity index (χ1v) is 6.79. The van der Waals surface area contributed by atoms with Gasteiger partial charge in [0.15, 0.2) is 0 Å². The van der Waals surface area contributed by atoms with E-state index in [9.17, 15) is 4.79 Å². The molecular formula is C17H14N2O3. The number of aromatic carboxylic acids is 1. The molecule has 0 saturated heterocycles. The number of rotatable bonds is 3. The monoisotopic (exact) mass is 294 g/mol. The number of aromatic nitrogens is 2. The summed E-state index contributed by atoms with van der Waals surface area (Å²) in [5.74, 6) is -0.139. The molecule has 0 amide bonds. The highest BCUT2D eigenvalue weighted by Gasteiger charge is 2.13. The van der Waals surface area contributed by atoms with Crippen molar-refractivity contribution in [1.29, 1.82) is 0 Å². The molecule has 0 atom stereocenters. The third kappa shape index (κ3) is 2.61. The topological polar surface area (TPSA) is 76.2 Å². The Bertz CT molecular complexity index is 835. The summed E-state index contributed by atoms with van der Waals surface area (Å²) in [4.78, 5) is 10.9. The van der Waals surface area contributed by atoms with E-state index in [1.165, 1.54) is 12.1 Å². The normalized spacial score (nSPS) is 10.6. The van der Waals surface area contributed by atoms with E-state index in [1.54, 1.807) is 12.1 Å². The Labute approximate surface area is 127 Å². The van der Waals surface area contributed by atoms with E-state index < -0.39 is 5.97 Å². The first-order valence-electron chi connectivity index (χ1n) is 6.79. The van der Waals surface area contributed by atoms with Crippen molar-refractivity contribution >= 4 is 5.97 Å². The standard InChI is InChI=1S/C17H14N2O3/c1-10-3-4-11(2)14(9-10)16-19-18-15(22-16)12-5-7-13(8-6-12)17(20)21/h3-9H,1-2H3,(H,20,21). The van der Waals surface area contributed by atoms with Crippen molar-refractivity contribution in [3.8, 4) is 22.9 Å². The second-order valence-corrected chi connectivity index (χ2v) is 5.11. The zero-order chi connectivity index (χ0) is 15.7. The van der Waals surface area contributed by atoms with Gasteiger partial charge in [0.1, 0.15) is 0 Å². The molecule has 0 radical (unpaired) electrons. The molecule has 0 aliphatic carbocycles. The van der Waals surface area contributed by atoms with Crippen molar-refractivity contribution in [2.75, 3.05) is 0 Å². The Kier molecular flexibility index (Phi) is 3.47. The quantitative estimate of drug-likeness (QED) is 0.796. The molecule has 1 heterocycles. The van der Waals surface area contributed by atoms with Gasteiger partial charge in [-0.2, -0.15) is 0 Å². The molecule has 0 spiro atoms. The fourth-order valence-corrected chi connectivity index (χ4v) is 2.17. The van der Waals surface area contributed by atoms with Crippen molar-refractivity contribution in [3.05, 3.63) is 59.2 Å². The van der Waals surface area contributed by atoms with Crippen LogP contribution in [-0.4, -0.2) is 21.3 Å². The van der Waals surface area contributed by atoms with Crippen LogP contribution in [0.25, 0.3) is 22.9 Å². The second-order valence-electron chi connectivity index (χ2n) is 5.11. The molecule has 2 aromatic carbocycles. The van der Waals surface area contributed by atoms with E-state index in [-0.39, 0.29) is 5.56 Å². The fourth-order valence-electron chi connectivity index (χ4n) is 2.17. The van der Waals surface area contributed by atoms with Gasteiger partial charge in [0.2, 0.25) is 11.8 Å². The van der Waals surface area contributed by atoms with Crippen molar-refractivity contribution < 1.29 is 14.3 Å². The van der Waals surface area contributed by atoms with Crippen LogP contribution >= 0.6 is 0 Å². The van der Waals surface area contributed by atoms with Crippen LogP contribution in [-0.2, 0) is 0 Å². The molecule has 3 rings (SSSR count). The summed E-state index contributed by atoms with van der Waals surface area (Å²) in [6, 6.07) is 12.4. The molecule has 5 heteroatoms. The summed E-state index contributed by atoms with van der Waals surface area (Å²) in [5.41, 5.74) is 3.99. The Balaban J connectivity index is 1.96. The number of aryl methyl sites for hydroxylation is 2. The predicted molar refractivity (Wildman–Crippen MR) is 81.6 cm³/mol. The summed E-state index contributed by atoms with van der Waals surface area (Å²) < 4.78 is 5.72. The molecule has 0 fully saturated rings. The maximum atomic E-state index is 10.9. The zero-order valence-electron chi connectivity index (χ0n) is 12.2. The highest BCUT2D eigenvalue weighted by molar-refractivity contribution is 5.88. The van der Waals surface area contributed by atoms with E-state index in [0.717, 1.165) is 16.7 Å². The van der Waals surface area contributed by atoms with Gasteiger partial charge in [-0.15, -0.1) is 10.2 Å². The van der Waals surface area contributed by atoms with E-state index in [1.807, 2.05) is 32.0 Å². The fraction of sp³-hybridized carbons (Fsp3) is 0.118. The number of carbonyl (C=O) groups is 1. The lowest BCUT2D eigenvalue weighted by atomic mass is 10.1. The minimum atomic E-state index is -0.965. The van der Waals surface area contributed by atoms with Crippen molar-refractivity contribution in [2.45, 2.75) is 13.8 Å². The number of carboxylic acids is 1. The van der Waals surface area contributed by atoms with Gasteiger partial charge in [-0.1, -0.05) is 17.7 Å². The van der Waals surface area contributed by atoms with Gasteiger partial charge in [0.05, 0.1) is 5.56 Å². The molecule has 5 nitrogen and oxygen atoms in total. The Morgan fingerprint density at radius 1 is 1.00 bits per heavy atom. The van der Waals surface area contributed by atoms with Gasteiger partial charge in [-0.05, 0) is 49.7 Å². The van der Waals surface area contributed by atoms with Crippen LogP contribution in [0.3, 0.4) is 0 Å². The summed E-state index contributed by atoms with van der Waals surface area (Å²) in [6.45, 7) is 3.99. The first kappa shape index (κ1) is 14.0. The molecule has 0 aliphatic rings. The van der Waals surface area contributed by atoms with Gasteiger partial charge >= 0.3 is 5.97 Å². The molecule has 3 aromatic rings.